The van der Waals surface area contributed by atoms with Crippen LogP contribution in [-0.2, 0) is 18.9 Å². The summed E-state index contributed by atoms with van der Waals surface area (Å²) >= 11 is 3.85. The van der Waals surface area contributed by atoms with Crippen LogP contribution in [0.3, 0.4) is 0 Å². The summed E-state index contributed by atoms with van der Waals surface area (Å²) in [7, 11) is 0. The molecule has 0 unspecified atom stereocenters. The second-order valence-electron chi connectivity index (χ2n) is 6.21. The van der Waals surface area contributed by atoms with Crippen molar-refractivity contribution in [3.63, 3.8) is 0 Å². The summed E-state index contributed by atoms with van der Waals surface area (Å²) < 4.78 is 24.5. The van der Waals surface area contributed by atoms with E-state index in [2.05, 4.69) is 13.8 Å². The van der Waals surface area contributed by atoms with E-state index in [0.717, 1.165) is 11.5 Å². The SMILES string of the molecule is CCSC(SCC)[C@@H]1OC(C)(C)O[C@@H]1[C@@H]1COC(C)(C)O1. The van der Waals surface area contributed by atoms with Crippen LogP contribution in [-0.4, -0.2) is 52.6 Å². The van der Waals surface area contributed by atoms with Crippen LogP contribution in [0, 0.1) is 0 Å². The Kier molecular flexibility index (Phi) is 5.94. The van der Waals surface area contributed by atoms with Crippen LogP contribution in [0.25, 0.3) is 0 Å². The Bertz CT molecular complexity index is 331. The van der Waals surface area contributed by atoms with Gasteiger partial charge in [0.05, 0.1) is 11.2 Å². The monoisotopic (exact) mass is 336 g/mol. The van der Waals surface area contributed by atoms with Crippen molar-refractivity contribution < 1.29 is 18.9 Å². The molecule has 0 saturated carbocycles. The third-order valence-corrected chi connectivity index (χ3v) is 6.17. The first kappa shape index (κ1) is 17.9. The molecule has 6 heteroatoms. The van der Waals surface area contributed by atoms with Gasteiger partial charge >= 0.3 is 0 Å². The molecule has 2 saturated heterocycles. The third-order valence-electron chi connectivity index (χ3n) is 3.49. The Morgan fingerprint density at radius 1 is 0.952 bits per heavy atom. The van der Waals surface area contributed by atoms with Crippen LogP contribution in [0.15, 0.2) is 0 Å². The van der Waals surface area contributed by atoms with Crippen molar-refractivity contribution >= 4 is 23.5 Å². The average molecular weight is 337 g/mol. The van der Waals surface area contributed by atoms with Crippen molar-refractivity contribution in [1.82, 2.24) is 0 Å². The molecule has 0 aliphatic carbocycles. The van der Waals surface area contributed by atoms with E-state index >= 15 is 0 Å². The fourth-order valence-electron chi connectivity index (χ4n) is 2.76. The molecule has 0 aromatic rings. The Hall–Kier alpha value is 0.540. The first-order chi connectivity index (χ1) is 9.78. The zero-order valence-corrected chi connectivity index (χ0v) is 15.5. The van der Waals surface area contributed by atoms with Crippen molar-refractivity contribution in [1.29, 1.82) is 0 Å². The van der Waals surface area contributed by atoms with Gasteiger partial charge in [-0.2, -0.15) is 0 Å². The summed E-state index contributed by atoms with van der Waals surface area (Å²) in [5.74, 6) is 1.04. The van der Waals surface area contributed by atoms with Crippen LogP contribution in [0.5, 0.6) is 0 Å². The quantitative estimate of drug-likeness (QED) is 0.691. The molecular weight excluding hydrogens is 308 g/mol. The lowest BCUT2D eigenvalue weighted by atomic mass is 10.1. The highest BCUT2D eigenvalue weighted by Gasteiger charge is 2.52. The highest BCUT2D eigenvalue weighted by atomic mass is 32.2. The highest BCUT2D eigenvalue weighted by molar-refractivity contribution is 8.17. The van der Waals surface area contributed by atoms with Gasteiger partial charge in [-0.15, -0.1) is 23.5 Å². The topological polar surface area (TPSA) is 36.9 Å². The first-order valence-electron chi connectivity index (χ1n) is 7.68. The molecule has 2 rings (SSSR count). The summed E-state index contributed by atoms with van der Waals surface area (Å²) in [5.41, 5.74) is 0. The molecule has 0 aromatic carbocycles. The Morgan fingerprint density at radius 2 is 1.57 bits per heavy atom. The number of hydrogen-bond acceptors (Lipinski definition) is 6. The van der Waals surface area contributed by atoms with Gasteiger partial charge in [-0.1, -0.05) is 13.8 Å². The molecule has 21 heavy (non-hydrogen) atoms. The van der Waals surface area contributed by atoms with Crippen molar-refractivity contribution in [3.05, 3.63) is 0 Å². The van der Waals surface area contributed by atoms with Gasteiger partial charge in [0.1, 0.15) is 18.3 Å². The number of ether oxygens (including phenoxy) is 4. The molecule has 2 aliphatic rings. The summed E-state index contributed by atoms with van der Waals surface area (Å²) in [6, 6.07) is 0. The molecule has 0 aromatic heterocycles. The lowest BCUT2D eigenvalue weighted by molar-refractivity contribution is -0.174. The highest BCUT2D eigenvalue weighted by Crippen LogP contribution is 2.42. The second-order valence-corrected chi connectivity index (χ2v) is 9.35. The Labute approximate surface area is 137 Å². The molecule has 2 fully saturated rings. The summed E-state index contributed by atoms with van der Waals surface area (Å²) in [4.78, 5) is 0. The van der Waals surface area contributed by atoms with Gasteiger partial charge in [-0.05, 0) is 39.2 Å². The molecule has 0 bridgehead atoms. The Balaban J connectivity index is 2.12. The molecule has 124 valence electrons. The smallest absolute Gasteiger partial charge is 0.163 e. The molecular formula is C15H28O4S2. The fraction of sp³-hybridized carbons (Fsp3) is 1.00. The predicted molar refractivity (Wildman–Crippen MR) is 88.8 cm³/mol. The van der Waals surface area contributed by atoms with E-state index in [-0.39, 0.29) is 18.3 Å². The van der Waals surface area contributed by atoms with Crippen LogP contribution in [0.1, 0.15) is 41.5 Å². The molecule has 2 aliphatic heterocycles. The molecule has 4 nitrogen and oxygen atoms in total. The second kappa shape index (κ2) is 6.97. The summed E-state index contributed by atoms with van der Waals surface area (Å²) in [5, 5.41) is 0. The van der Waals surface area contributed by atoms with Crippen molar-refractivity contribution in [2.45, 2.75) is 76.0 Å². The zero-order valence-electron chi connectivity index (χ0n) is 13.9. The molecule has 3 atom stereocenters. The minimum absolute atomic E-state index is 0.0254. The number of thioether (sulfide) groups is 2. The van der Waals surface area contributed by atoms with Crippen molar-refractivity contribution in [2.75, 3.05) is 18.1 Å². The number of rotatable bonds is 6. The van der Waals surface area contributed by atoms with Crippen LogP contribution >= 0.6 is 23.5 Å². The van der Waals surface area contributed by atoms with Gasteiger partial charge in [-0.3, -0.25) is 0 Å². The maximum absolute atomic E-state index is 6.21. The van der Waals surface area contributed by atoms with Crippen LogP contribution in [0.4, 0.5) is 0 Å². The maximum Gasteiger partial charge on any atom is 0.163 e. The van der Waals surface area contributed by atoms with E-state index in [1.807, 2.05) is 51.2 Å². The zero-order chi connectivity index (χ0) is 15.7. The molecule has 0 amide bonds. The average Bonchev–Trinajstić information content (AvgIpc) is 2.88. The minimum atomic E-state index is -0.563. The van der Waals surface area contributed by atoms with Gasteiger partial charge in [-0.25, -0.2) is 0 Å². The van der Waals surface area contributed by atoms with E-state index in [1.165, 1.54) is 0 Å². The first-order valence-corrected chi connectivity index (χ1v) is 9.78. The van der Waals surface area contributed by atoms with Gasteiger partial charge in [0.2, 0.25) is 0 Å². The van der Waals surface area contributed by atoms with E-state index in [1.54, 1.807) is 0 Å². The normalized spacial score (nSPS) is 34.7. The van der Waals surface area contributed by atoms with Crippen LogP contribution < -0.4 is 0 Å². The van der Waals surface area contributed by atoms with Crippen molar-refractivity contribution in [3.8, 4) is 0 Å². The lowest BCUT2D eigenvalue weighted by Gasteiger charge is -2.28. The van der Waals surface area contributed by atoms with Gasteiger partial charge in [0.25, 0.3) is 0 Å². The van der Waals surface area contributed by atoms with Crippen molar-refractivity contribution in [2.24, 2.45) is 0 Å². The standard InChI is InChI=1S/C15H28O4S2/c1-7-20-13(21-8-2)12-11(18-15(5,6)19-12)10-9-16-14(3,4)17-10/h10-13H,7-9H2,1-6H3/t10-,11+,12+/m0/s1. The maximum atomic E-state index is 6.21. The summed E-state index contributed by atoms with van der Waals surface area (Å²) in [6.45, 7) is 12.8. The van der Waals surface area contributed by atoms with E-state index in [9.17, 15) is 0 Å². The predicted octanol–water partition coefficient (Wildman–Crippen LogP) is 3.49. The van der Waals surface area contributed by atoms with E-state index in [0.29, 0.717) is 11.2 Å². The lowest BCUT2D eigenvalue weighted by Crippen LogP contribution is -2.42. The van der Waals surface area contributed by atoms with E-state index < -0.39 is 11.6 Å². The summed E-state index contributed by atoms with van der Waals surface area (Å²) in [6.07, 6.45) is -0.119. The minimum Gasteiger partial charge on any atom is -0.348 e. The van der Waals surface area contributed by atoms with Gasteiger partial charge < -0.3 is 18.9 Å². The van der Waals surface area contributed by atoms with E-state index in [4.69, 9.17) is 18.9 Å². The molecule has 0 N–H and O–H groups in total. The largest absolute Gasteiger partial charge is 0.348 e. The third kappa shape index (κ3) is 4.52. The Morgan fingerprint density at radius 3 is 2.05 bits per heavy atom. The van der Waals surface area contributed by atoms with Gasteiger partial charge in [0.15, 0.2) is 11.6 Å². The molecule has 0 radical (unpaired) electrons. The fourth-order valence-corrected chi connectivity index (χ4v) is 5.42. The van der Waals surface area contributed by atoms with Crippen LogP contribution in [0.2, 0.25) is 0 Å². The molecule has 2 heterocycles. The van der Waals surface area contributed by atoms with Gasteiger partial charge in [0, 0.05) is 0 Å². The molecule has 0 spiro atoms. The number of hydrogen-bond donors (Lipinski definition) is 0.